The second-order valence-electron chi connectivity index (χ2n) is 3.35. The van der Waals surface area contributed by atoms with E-state index in [1.165, 1.54) is 0 Å². The third-order valence-corrected chi connectivity index (χ3v) is 3.03. The monoisotopic (exact) mass is 255 g/mol. The van der Waals surface area contributed by atoms with Crippen molar-refractivity contribution in [1.29, 1.82) is 0 Å². The second kappa shape index (κ2) is 6.19. The maximum absolute atomic E-state index is 11.6. The molecule has 92 valence electrons. The van der Waals surface area contributed by atoms with Crippen LogP contribution in [-0.2, 0) is 0 Å². The number of thioether (sulfide) groups is 1. The van der Waals surface area contributed by atoms with Crippen molar-refractivity contribution in [3.05, 3.63) is 23.8 Å². The molecule has 6 nitrogen and oxygen atoms in total. The van der Waals surface area contributed by atoms with Gasteiger partial charge in [-0.05, 0) is 6.26 Å². The number of carboxylic acids is 1. The number of nitrogens with zero attached hydrogens (tertiary/aromatic N) is 2. The van der Waals surface area contributed by atoms with Gasteiger partial charge in [-0.15, -0.1) is 0 Å². The molecule has 0 saturated carbocycles. The summed E-state index contributed by atoms with van der Waals surface area (Å²) in [7, 11) is 0. The summed E-state index contributed by atoms with van der Waals surface area (Å²) < 4.78 is 0. The number of carbonyl (C=O) groups excluding carboxylic acids is 1. The van der Waals surface area contributed by atoms with Gasteiger partial charge >= 0.3 is 5.97 Å². The van der Waals surface area contributed by atoms with Crippen LogP contribution in [0.5, 0.6) is 0 Å². The van der Waals surface area contributed by atoms with Gasteiger partial charge in [-0.2, -0.15) is 11.8 Å². The highest BCUT2D eigenvalue weighted by Crippen LogP contribution is 2.03. The fourth-order valence-corrected chi connectivity index (χ4v) is 1.22. The molecule has 7 heteroatoms. The number of aromatic nitrogens is 2. The van der Waals surface area contributed by atoms with Crippen LogP contribution < -0.4 is 5.32 Å². The normalized spacial score (nSPS) is 11.9. The van der Waals surface area contributed by atoms with Crippen molar-refractivity contribution in [1.82, 2.24) is 15.3 Å². The van der Waals surface area contributed by atoms with E-state index in [1.807, 2.05) is 13.2 Å². The van der Waals surface area contributed by atoms with E-state index in [2.05, 4.69) is 15.3 Å². The molecule has 0 aliphatic carbocycles. The Bertz CT molecular complexity index is 408. The highest BCUT2D eigenvalue weighted by Gasteiger charge is 2.11. The van der Waals surface area contributed by atoms with Gasteiger partial charge in [0.1, 0.15) is 5.69 Å². The maximum Gasteiger partial charge on any atom is 0.356 e. The van der Waals surface area contributed by atoms with Gasteiger partial charge in [0.15, 0.2) is 5.69 Å². The Kier molecular flexibility index (Phi) is 4.89. The molecular weight excluding hydrogens is 242 g/mol. The van der Waals surface area contributed by atoms with Crippen molar-refractivity contribution in [2.24, 2.45) is 0 Å². The number of rotatable bonds is 5. The zero-order valence-electron chi connectivity index (χ0n) is 9.51. The van der Waals surface area contributed by atoms with E-state index in [-0.39, 0.29) is 17.3 Å². The number of amides is 1. The number of hydrogen-bond acceptors (Lipinski definition) is 5. The molecule has 0 aliphatic heterocycles. The molecular formula is C10H13N3O3S. The fourth-order valence-electron chi connectivity index (χ4n) is 0.966. The average Bonchev–Trinajstić information content (AvgIpc) is 2.35. The lowest BCUT2D eigenvalue weighted by molar-refractivity contribution is 0.0689. The van der Waals surface area contributed by atoms with Crippen LogP contribution in [0, 0.1) is 0 Å². The van der Waals surface area contributed by atoms with Crippen LogP contribution in [-0.4, -0.2) is 45.0 Å². The van der Waals surface area contributed by atoms with Crippen LogP contribution in [0.4, 0.5) is 0 Å². The van der Waals surface area contributed by atoms with E-state index in [1.54, 1.807) is 11.8 Å². The lowest BCUT2D eigenvalue weighted by Crippen LogP contribution is -2.30. The summed E-state index contributed by atoms with van der Waals surface area (Å²) in [5.74, 6) is -1.52. The first-order chi connectivity index (χ1) is 8.04. The van der Waals surface area contributed by atoms with Crippen LogP contribution in [0.25, 0.3) is 0 Å². The molecule has 1 amide bonds. The van der Waals surface area contributed by atoms with Crippen LogP contribution in [0.3, 0.4) is 0 Å². The summed E-state index contributed by atoms with van der Waals surface area (Å²) in [5.41, 5.74) is -0.0673. The van der Waals surface area contributed by atoms with Crippen LogP contribution in [0.15, 0.2) is 12.4 Å². The molecule has 0 fully saturated rings. The van der Waals surface area contributed by atoms with E-state index < -0.39 is 5.97 Å². The van der Waals surface area contributed by atoms with E-state index in [4.69, 9.17) is 5.11 Å². The highest BCUT2D eigenvalue weighted by atomic mass is 32.2. The van der Waals surface area contributed by atoms with E-state index in [0.29, 0.717) is 11.8 Å². The molecule has 1 unspecified atom stereocenters. The maximum atomic E-state index is 11.6. The van der Waals surface area contributed by atoms with Crippen molar-refractivity contribution in [2.75, 3.05) is 12.8 Å². The van der Waals surface area contributed by atoms with E-state index in [9.17, 15) is 9.59 Å². The van der Waals surface area contributed by atoms with Gasteiger partial charge in [0.25, 0.3) is 5.91 Å². The fraction of sp³-hybridized carbons (Fsp3) is 0.400. The third kappa shape index (κ3) is 4.03. The van der Waals surface area contributed by atoms with Crippen LogP contribution in [0.1, 0.15) is 27.9 Å². The summed E-state index contributed by atoms with van der Waals surface area (Å²) in [6, 6.07) is 0. The minimum absolute atomic E-state index is 0.114. The molecule has 2 N–H and O–H groups in total. The summed E-state index contributed by atoms with van der Waals surface area (Å²) in [6.45, 7) is 2.52. The lowest BCUT2D eigenvalue weighted by Gasteiger charge is -2.09. The molecule has 1 rings (SSSR count). The van der Waals surface area contributed by atoms with Crippen molar-refractivity contribution in [3.63, 3.8) is 0 Å². The average molecular weight is 255 g/mol. The van der Waals surface area contributed by atoms with Gasteiger partial charge in [0, 0.05) is 11.8 Å². The van der Waals surface area contributed by atoms with E-state index in [0.717, 1.165) is 12.4 Å². The Morgan fingerprint density at radius 1 is 1.41 bits per heavy atom. The number of nitrogens with one attached hydrogen (secondary N) is 1. The predicted molar refractivity (Wildman–Crippen MR) is 64.3 cm³/mol. The minimum atomic E-state index is -1.17. The van der Waals surface area contributed by atoms with Crippen LogP contribution >= 0.6 is 11.8 Å². The van der Waals surface area contributed by atoms with E-state index >= 15 is 0 Å². The Morgan fingerprint density at radius 3 is 2.47 bits per heavy atom. The summed E-state index contributed by atoms with van der Waals surface area (Å²) in [6.07, 6.45) is 4.18. The zero-order valence-corrected chi connectivity index (χ0v) is 10.3. The van der Waals surface area contributed by atoms with Gasteiger partial charge in [-0.3, -0.25) is 4.79 Å². The standard InChI is InChI=1S/C10H13N3O3S/c1-6(17-2)3-13-9(14)7-4-12-8(5-11-7)10(15)16/h4-6H,3H2,1-2H3,(H,13,14)(H,15,16). The summed E-state index contributed by atoms with van der Waals surface area (Å²) >= 11 is 1.64. The molecule has 0 radical (unpaired) electrons. The number of aromatic carboxylic acids is 1. The Labute approximate surface area is 103 Å². The highest BCUT2D eigenvalue weighted by molar-refractivity contribution is 7.99. The van der Waals surface area contributed by atoms with Gasteiger partial charge in [-0.25, -0.2) is 14.8 Å². The van der Waals surface area contributed by atoms with Crippen LogP contribution in [0.2, 0.25) is 0 Å². The Balaban J connectivity index is 2.61. The molecule has 0 saturated heterocycles. The Morgan fingerprint density at radius 2 is 2.00 bits per heavy atom. The first kappa shape index (κ1) is 13.4. The Hall–Kier alpha value is -1.63. The predicted octanol–water partition coefficient (Wildman–Crippen LogP) is 0.656. The molecule has 17 heavy (non-hydrogen) atoms. The second-order valence-corrected chi connectivity index (χ2v) is 4.62. The number of carbonyl (C=O) groups is 2. The molecule has 0 aromatic carbocycles. The quantitative estimate of drug-likeness (QED) is 0.802. The largest absolute Gasteiger partial charge is 0.476 e. The molecule has 1 aromatic heterocycles. The molecule has 0 bridgehead atoms. The molecule has 1 heterocycles. The van der Waals surface area contributed by atoms with Crippen molar-refractivity contribution in [3.8, 4) is 0 Å². The summed E-state index contributed by atoms with van der Waals surface area (Å²) in [5, 5.41) is 11.6. The first-order valence-electron chi connectivity index (χ1n) is 4.91. The first-order valence-corrected chi connectivity index (χ1v) is 6.19. The van der Waals surface area contributed by atoms with Gasteiger partial charge < -0.3 is 10.4 Å². The number of hydrogen-bond donors (Lipinski definition) is 2. The molecule has 1 aromatic rings. The smallest absolute Gasteiger partial charge is 0.356 e. The summed E-state index contributed by atoms with van der Waals surface area (Å²) in [4.78, 5) is 29.5. The van der Waals surface area contributed by atoms with Crippen molar-refractivity contribution >= 4 is 23.6 Å². The number of carboxylic acid groups (broad SMARTS) is 1. The van der Waals surface area contributed by atoms with Crippen molar-refractivity contribution < 1.29 is 14.7 Å². The minimum Gasteiger partial charge on any atom is -0.476 e. The molecule has 1 atom stereocenters. The van der Waals surface area contributed by atoms with Gasteiger partial charge in [0.05, 0.1) is 12.4 Å². The SMILES string of the molecule is CSC(C)CNC(=O)c1cnc(C(=O)O)cn1. The van der Waals surface area contributed by atoms with Gasteiger partial charge in [-0.1, -0.05) is 6.92 Å². The lowest BCUT2D eigenvalue weighted by atomic mass is 10.3. The molecule has 0 spiro atoms. The third-order valence-electron chi connectivity index (χ3n) is 2.06. The van der Waals surface area contributed by atoms with Crippen molar-refractivity contribution in [2.45, 2.75) is 12.2 Å². The molecule has 0 aliphatic rings. The zero-order chi connectivity index (χ0) is 12.8. The topological polar surface area (TPSA) is 92.2 Å². The van der Waals surface area contributed by atoms with Gasteiger partial charge in [0.2, 0.25) is 0 Å².